The molecule has 0 aliphatic carbocycles. The van der Waals surface area contributed by atoms with E-state index in [0.29, 0.717) is 12.5 Å². The van der Waals surface area contributed by atoms with Gasteiger partial charge in [0, 0.05) is 19.2 Å². The Bertz CT molecular complexity index is 289. The first-order valence-electron chi connectivity index (χ1n) is 5.21. The minimum atomic E-state index is 0.662. The Hall–Kier alpha value is -1.29. The van der Waals surface area contributed by atoms with E-state index in [1.807, 2.05) is 39.2 Å². The molecular weight excluding hydrogens is 190 g/mol. The van der Waals surface area contributed by atoms with Gasteiger partial charge in [0.05, 0.1) is 0 Å². The van der Waals surface area contributed by atoms with Crippen molar-refractivity contribution in [1.29, 1.82) is 0 Å². The third-order valence-corrected chi connectivity index (χ3v) is 1.87. The molecule has 1 aromatic heterocycles. The first-order valence-corrected chi connectivity index (χ1v) is 5.21. The van der Waals surface area contributed by atoms with Crippen LogP contribution in [-0.4, -0.2) is 43.7 Å². The second-order valence-corrected chi connectivity index (χ2v) is 3.54. The third kappa shape index (κ3) is 4.65. The van der Waals surface area contributed by atoms with Crippen LogP contribution in [0.15, 0.2) is 18.2 Å². The van der Waals surface area contributed by atoms with E-state index in [2.05, 4.69) is 15.2 Å². The van der Waals surface area contributed by atoms with Crippen molar-refractivity contribution in [3.05, 3.63) is 18.2 Å². The number of nitrogens with one attached hydrogen (secondary N) is 1. The molecule has 0 saturated carbocycles. The van der Waals surface area contributed by atoms with Crippen LogP contribution in [0, 0.1) is 0 Å². The summed E-state index contributed by atoms with van der Waals surface area (Å²) in [6.07, 6.45) is 0. The van der Waals surface area contributed by atoms with E-state index < -0.39 is 0 Å². The highest BCUT2D eigenvalue weighted by molar-refractivity contribution is 5.36. The van der Waals surface area contributed by atoms with Gasteiger partial charge in [0.25, 0.3) is 0 Å². The Morgan fingerprint density at radius 1 is 1.40 bits per heavy atom. The number of aromatic nitrogens is 1. The van der Waals surface area contributed by atoms with Crippen LogP contribution in [0.2, 0.25) is 0 Å². The van der Waals surface area contributed by atoms with Gasteiger partial charge in [-0.1, -0.05) is 6.07 Å². The summed E-state index contributed by atoms with van der Waals surface area (Å²) in [5.41, 5.74) is 0. The molecule has 0 spiro atoms. The number of likely N-dealkylation sites (N-methyl/N-ethyl adjacent to an activating group) is 1. The van der Waals surface area contributed by atoms with Crippen molar-refractivity contribution in [2.45, 2.75) is 6.92 Å². The van der Waals surface area contributed by atoms with Gasteiger partial charge < -0.3 is 15.0 Å². The van der Waals surface area contributed by atoms with E-state index in [0.717, 1.165) is 18.9 Å². The summed E-state index contributed by atoms with van der Waals surface area (Å²) < 4.78 is 5.51. The van der Waals surface area contributed by atoms with Gasteiger partial charge in [-0.25, -0.2) is 0 Å². The Balaban J connectivity index is 2.43. The van der Waals surface area contributed by atoms with Crippen LogP contribution in [0.5, 0.6) is 5.88 Å². The number of pyridine rings is 1. The van der Waals surface area contributed by atoms with Gasteiger partial charge in [-0.2, -0.15) is 4.98 Å². The third-order valence-electron chi connectivity index (χ3n) is 1.87. The molecule has 0 aliphatic rings. The summed E-state index contributed by atoms with van der Waals surface area (Å²) >= 11 is 0. The molecule has 0 amide bonds. The highest BCUT2D eigenvalue weighted by Gasteiger charge is 1.97. The minimum Gasteiger partial charge on any atom is -0.476 e. The van der Waals surface area contributed by atoms with Crippen LogP contribution in [0.3, 0.4) is 0 Å². The van der Waals surface area contributed by atoms with Crippen molar-refractivity contribution in [3.8, 4) is 5.88 Å². The van der Waals surface area contributed by atoms with Crippen LogP contribution >= 0.6 is 0 Å². The molecule has 0 atom stereocenters. The zero-order valence-electron chi connectivity index (χ0n) is 9.66. The van der Waals surface area contributed by atoms with Crippen molar-refractivity contribution in [2.75, 3.05) is 39.1 Å². The zero-order chi connectivity index (χ0) is 11.1. The van der Waals surface area contributed by atoms with Crippen molar-refractivity contribution in [3.63, 3.8) is 0 Å². The molecule has 1 heterocycles. The van der Waals surface area contributed by atoms with E-state index >= 15 is 0 Å². The van der Waals surface area contributed by atoms with Gasteiger partial charge in [-0.3, -0.25) is 0 Å². The quantitative estimate of drug-likeness (QED) is 0.769. The molecule has 0 unspecified atom stereocenters. The monoisotopic (exact) mass is 209 g/mol. The lowest BCUT2D eigenvalue weighted by Gasteiger charge is -2.11. The highest BCUT2D eigenvalue weighted by Crippen LogP contribution is 2.10. The Morgan fingerprint density at radius 3 is 2.87 bits per heavy atom. The van der Waals surface area contributed by atoms with Crippen LogP contribution in [0.1, 0.15) is 6.92 Å². The Kier molecular flexibility index (Phi) is 4.90. The smallest absolute Gasteiger partial charge is 0.215 e. The average molecular weight is 209 g/mol. The summed E-state index contributed by atoms with van der Waals surface area (Å²) in [5.74, 6) is 1.54. The molecule has 0 bridgehead atoms. The van der Waals surface area contributed by atoms with Gasteiger partial charge in [-0.05, 0) is 27.1 Å². The lowest BCUT2D eigenvalue weighted by Crippen LogP contribution is -2.19. The normalized spacial score (nSPS) is 10.4. The highest BCUT2D eigenvalue weighted by atomic mass is 16.5. The second kappa shape index (κ2) is 6.24. The SMILES string of the molecule is CCNc1cccc(OCCN(C)C)n1. The first kappa shape index (κ1) is 11.8. The largest absolute Gasteiger partial charge is 0.476 e. The fourth-order valence-corrected chi connectivity index (χ4v) is 1.11. The van der Waals surface area contributed by atoms with Crippen LogP contribution in [0.4, 0.5) is 5.82 Å². The summed E-state index contributed by atoms with van der Waals surface area (Å²) in [6, 6.07) is 5.74. The molecule has 0 fully saturated rings. The Morgan fingerprint density at radius 2 is 2.20 bits per heavy atom. The fraction of sp³-hybridized carbons (Fsp3) is 0.545. The van der Waals surface area contributed by atoms with E-state index in [9.17, 15) is 0 Å². The lowest BCUT2D eigenvalue weighted by atomic mass is 10.4. The number of rotatable bonds is 6. The van der Waals surface area contributed by atoms with Crippen molar-refractivity contribution < 1.29 is 4.74 Å². The number of hydrogen-bond donors (Lipinski definition) is 1. The molecule has 84 valence electrons. The molecule has 1 aromatic rings. The van der Waals surface area contributed by atoms with Gasteiger partial charge in [0.1, 0.15) is 12.4 Å². The zero-order valence-corrected chi connectivity index (χ0v) is 9.66. The van der Waals surface area contributed by atoms with E-state index in [1.54, 1.807) is 0 Å². The topological polar surface area (TPSA) is 37.4 Å². The summed E-state index contributed by atoms with van der Waals surface area (Å²) in [7, 11) is 4.04. The average Bonchev–Trinajstić information content (AvgIpc) is 2.18. The maximum atomic E-state index is 5.51. The maximum Gasteiger partial charge on any atom is 0.215 e. The van der Waals surface area contributed by atoms with Crippen LogP contribution < -0.4 is 10.1 Å². The molecule has 0 saturated heterocycles. The number of ether oxygens (including phenoxy) is 1. The number of nitrogens with zero attached hydrogens (tertiary/aromatic N) is 2. The second-order valence-electron chi connectivity index (χ2n) is 3.54. The standard InChI is InChI=1S/C11H19N3O/c1-4-12-10-6-5-7-11(13-10)15-9-8-14(2)3/h5-7H,4,8-9H2,1-3H3,(H,12,13). The van der Waals surface area contributed by atoms with Gasteiger partial charge in [0.15, 0.2) is 0 Å². The summed E-state index contributed by atoms with van der Waals surface area (Å²) in [5, 5.41) is 3.15. The summed E-state index contributed by atoms with van der Waals surface area (Å²) in [4.78, 5) is 6.39. The minimum absolute atomic E-state index is 0.662. The molecule has 0 aromatic carbocycles. The van der Waals surface area contributed by atoms with Crippen LogP contribution in [-0.2, 0) is 0 Å². The van der Waals surface area contributed by atoms with Gasteiger partial charge in [0.2, 0.25) is 5.88 Å². The maximum absolute atomic E-state index is 5.51. The Labute approximate surface area is 91.3 Å². The predicted molar refractivity (Wildman–Crippen MR) is 62.4 cm³/mol. The van der Waals surface area contributed by atoms with Crippen molar-refractivity contribution in [2.24, 2.45) is 0 Å². The fourth-order valence-electron chi connectivity index (χ4n) is 1.11. The molecule has 4 heteroatoms. The molecule has 4 nitrogen and oxygen atoms in total. The van der Waals surface area contributed by atoms with Gasteiger partial charge in [-0.15, -0.1) is 0 Å². The molecule has 1 rings (SSSR count). The number of hydrogen-bond acceptors (Lipinski definition) is 4. The van der Waals surface area contributed by atoms with E-state index in [4.69, 9.17) is 4.74 Å². The molecule has 0 radical (unpaired) electrons. The molecule has 15 heavy (non-hydrogen) atoms. The van der Waals surface area contributed by atoms with Crippen LogP contribution in [0.25, 0.3) is 0 Å². The molecule has 1 N–H and O–H groups in total. The first-order chi connectivity index (χ1) is 7.22. The summed E-state index contributed by atoms with van der Waals surface area (Å²) in [6.45, 7) is 4.47. The number of anilines is 1. The van der Waals surface area contributed by atoms with Crippen molar-refractivity contribution >= 4 is 5.82 Å². The van der Waals surface area contributed by atoms with Gasteiger partial charge >= 0.3 is 0 Å². The molecular formula is C11H19N3O. The lowest BCUT2D eigenvalue weighted by molar-refractivity contribution is 0.254. The predicted octanol–water partition coefficient (Wildman–Crippen LogP) is 1.45. The van der Waals surface area contributed by atoms with E-state index in [-0.39, 0.29) is 0 Å². The van der Waals surface area contributed by atoms with Crippen molar-refractivity contribution in [1.82, 2.24) is 9.88 Å². The van der Waals surface area contributed by atoms with E-state index in [1.165, 1.54) is 0 Å². The molecule has 0 aliphatic heterocycles.